The fraction of sp³-hybridized carbons (Fsp3) is 0.273. The van der Waals surface area contributed by atoms with Crippen LogP contribution in [0.4, 0.5) is 0 Å². The Labute approximate surface area is 179 Å². The molecule has 0 aliphatic carbocycles. The fourth-order valence-electron chi connectivity index (χ4n) is 2.81. The number of methoxy groups -OCH3 is 1. The minimum Gasteiger partial charge on any atom is -0.497 e. The second-order valence-corrected chi connectivity index (χ2v) is 7.87. The number of hydrogen-bond acceptors (Lipinski definition) is 5. The maximum absolute atomic E-state index is 12.0. The van der Waals surface area contributed by atoms with E-state index in [2.05, 4.69) is 10.3 Å². The number of aryl methyl sites for hydroxylation is 2. The monoisotopic (exact) mass is 430 g/mol. The Morgan fingerprint density at radius 3 is 2.48 bits per heavy atom. The predicted octanol–water partition coefficient (Wildman–Crippen LogP) is 4.83. The molecular formula is C22H23ClN2O3S. The third-order valence-electron chi connectivity index (χ3n) is 4.37. The molecule has 3 rings (SSSR count). The van der Waals surface area contributed by atoms with Crippen molar-refractivity contribution in [1.82, 2.24) is 10.3 Å². The fourth-order valence-corrected chi connectivity index (χ4v) is 3.78. The van der Waals surface area contributed by atoms with Gasteiger partial charge in [0.25, 0.3) is 5.91 Å². The molecule has 3 aromatic rings. The van der Waals surface area contributed by atoms with Crippen LogP contribution in [0.1, 0.15) is 16.8 Å². The second kappa shape index (κ2) is 9.76. The van der Waals surface area contributed by atoms with E-state index in [1.54, 1.807) is 18.4 Å². The summed E-state index contributed by atoms with van der Waals surface area (Å²) in [4.78, 5) is 16.7. The number of ether oxygens (including phenoxy) is 2. The summed E-state index contributed by atoms with van der Waals surface area (Å²) >= 11 is 7.73. The van der Waals surface area contributed by atoms with Crippen molar-refractivity contribution in [1.29, 1.82) is 0 Å². The van der Waals surface area contributed by atoms with E-state index in [1.807, 2.05) is 55.6 Å². The maximum Gasteiger partial charge on any atom is 0.257 e. The zero-order valence-electron chi connectivity index (χ0n) is 16.6. The van der Waals surface area contributed by atoms with Crippen LogP contribution < -0.4 is 14.8 Å². The number of benzene rings is 2. The van der Waals surface area contributed by atoms with Crippen LogP contribution in [-0.2, 0) is 11.2 Å². The molecule has 0 spiro atoms. The number of thiazole rings is 1. The first kappa shape index (κ1) is 21.1. The maximum atomic E-state index is 12.0. The average Bonchev–Trinajstić information content (AvgIpc) is 3.19. The molecule has 29 heavy (non-hydrogen) atoms. The Hall–Kier alpha value is -2.57. The van der Waals surface area contributed by atoms with E-state index in [-0.39, 0.29) is 12.5 Å². The Morgan fingerprint density at radius 2 is 1.83 bits per heavy atom. The number of nitrogens with zero attached hydrogens (tertiary/aromatic N) is 1. The van der Waals surface area contributed by atoms with E-state index in [1.165, 1.54) is 0 Å². The van der Waals surface area contributed by atoms with Crippen LogP contribution in [0.5, 0.6) is 11.5 Å². The van der Waals surface area contributed by atoms with Crippen LogP contribution >= 0.6 is 22.9 Å². The quantitative estimate of drug-likeness (QED) is 0.556. The SMILES string of the molecule is COc1ccc(-c2nc(CCNC(=O)COc3cc(C)c(Cl)c(C)c3)cs2)cc1. The minimum absolute atomic E-state index is 0.0331. The first-order chi connectivity index (χ1) is 14.0. The van der Waals surface area contributed by atoms with Crippen LogP contribution in [0.3, 0.4) is 0 Å². The summed E-state index contributed by atoms with van der Waals surface area (Å²) in [6.07, 6.45) is 0.664. The molecule has 1 heterocycles. The molecule has 1 N–H and O–H groups in total. The molecule has 1 aromatic heterocycles. The van der Waals surface area contributed by atoms with Gasteiger partial charge in [0.15, 0.2) is 6.61 Å². The highest BCUT2D eigenvalue weighted by molar-refractivity contribution is 7.13. The standard InChI is InChI=1S/C22H23ClN2O3S/c1-14-10-19(11-15(2)21(14)23)28-12-20(26)24-9-8-17-13-29-22(25-17)16-4-6-18(27-3)7-5-16/h4-7,10-11,13H,8-9,12H2,1-3H3,(H,24,26). The molecule has 0 radical (unpaired) electrons. The van der Waals surface area contributed by atoms with E-state index in [9.17, 15) is 4.79 Å². The molecule has 2 aromatic carbocycles. The molecule has 7 heteroatoms. The van der Waals surface area contributed by atoms with E-state index in [0.717, 1.165) is 38.2 Å². The van der Waals surface area contributed by atoms with E-state index in [0.29, 0.717) is 18.7 Å². The zero-order valence-corrected chi connectivity index (χ0v) is 18.2. The third kappa shape index (κ3) is 5.71. The van der Waals surface area contributed by atoms with Crippen molar-refractivity contribution in [3.8, 4) is 22.1 Å². The zero-order chi connectivity index (χ0) is 20.8. The molecular weight excluding hydrogens is 408 g/mol. The molecule has 0 unspecified atom stereocenters. The number of carbonyl (C=O) groups is 1. The van der Waals surface area contributed by atoms with Crippen molar-refractivity contribution < 1.29 is 14.3 Å². The van der Waals surface area contributed by atoms with Gasteiger partial charge in [0.2, 0.25) is 0 Å². The smallest absolute Gasteiger partial charge is 0.257 e. The molecule has 1 amide bonds. The van der Waals surface area contributed by atoms with Crippen molar-refractivity contribution in [2.75, 3.05) is 20.3 Å². The van der Waals surface area contributed by atoms with Gasteiger partial charge >= 0.3 is 0 Å². The van der Waals surface area contributed by atoms with Gasteiger partial charge in [0.1, 0.15) is 16.5 Å². The molecule has 0 saturated carbocycles. The van der Waals surface area contributed by atoms with E-state index < -0.39 is 0 Å². The Balaban J connectivity index is 1.45. The lowest BCUT2D eigenvalue weighted by Gasteiger charge is -2.10. The van der Waals surface area contributed by atoms with E-state index in [4.69, 9.17) is 21.1 Å². The van der Waals surface area contributed by atoms with Gasteiger partial charge in [-0.15, -0.1) is 11.3 Å². The topological polar surface area (TPSA) is 60.5 Å². The van der Waals surface area contributed by atoms with Crippen molar-refractivity contribution in [2.24, 2.45) is 0 Å². The van der Waals surface area contributed by atoms with Crippen molar-refractivity contribution in [2.45, 2.75) is 20.3 Å². The predicted molar refractivity (Wildman–Crippen MR) is 117 cm³/mol. The van der Waals surface area contributed by atoms with Gasteiger partial charge in [0.05, 0.1) is 12.8 Å². The Kier molecular flexibility index (Phi) is 7.12. The van der Waals surface area contributed by atoms with Crippen LogP contribution in [0.25, 0.3) is 10.6 Å². The number of carbonyl (C=O) groups excluding carboxylic acids is 1. The summed E-state index contributed by atoms with van der Waals surface area (Å²) in [6, 6.07) is 11.5. The summed E-state index contributed by atoms with van der Waals surface area (Å²) in [5.41, 5.74) is 3.86. The first-order valence-electron chi connectivity index (χ1n) is 9.21. The molecule has 5 nitrogen and oxygen atoms in total. The van der Waals surface area contributed by atoms with Crippen LogP contribution in [-0.4, -0.2) is 31.2 Å². The summed E-state index contributed by atoms with van der Waals surface area (Å²) in [5, 5.41) is 6.55. The molecule has 0 atom stereocenters. The third-order valence-corrected chi connectivity index (χ3v) is 5.91. The average molecular weight is 431 g/mol. The number of rotatable bonds is 8. The van der Waals surface area contributed by atoms with Crippen molar-refractivity contribution >= 4 is 28.8 Å². The number of aromatic nitrogens is 1. The first-order valence-corrected chi connectivity index (χ1v) is 10.5. The lowest BCUT2D eigenvalue weighted by atomic mass is 10.1. The van der Waals surface area contributed by atoms with Crippen LogP contribution in [0, 0.1) is 13.8 Å². The Morgan fingerprint density at radius 1 is 1.14 bits per heavy atom. The highest BCUT2D eigenvalue weighted by Gasteiger charge is 2.08. The number of amides is 1. The van der Waals surface area contributed by atoms with E-state index >= 15 is 0 Å². The van der Waals surface area contributed by atoms with Crippen LogP contribution in [0.2, 0.25) is 5.02 Å². The molecule has 0 saturated heterocycles. The highest BCUT2D eigenvalue weighted by atomic mass is 35.5. The minimum atomic E-state index is -0.166. The van der Waals surface area contributed by atoms with Crippen LogP contribution in [0.15, 0.2) is 41.8 Å². The summed E-state index contributed by atoms with van der Waals surface area (Å²) in [7, 11) is 1.65. The van der Waals surface area contributed by atoms with Gasteiger partial charge in [0, 0.05) is 28.9 Å². The lowest BCUT2D eigenvalue weighted by molar-refractivity contribution is -0.123. The molecule has 152 valence electrons. The van der Waals surface area contributed by atoms with Gasteiger partial charge in [-0.3, -0.25) is 4.79 Å². The lowest BCUT2D eigenvalue weighted by Crippen LogP contribution is -2.30. The molecule has 0 fully saturated rings. The summed E-state index contributed by atoms with van der Waals surface area (Å²) in [5.74, 6) is 1.29. The van der Waals surface area contributed by atoms with Crippen molar-refractivity contribution in [3.63, 3.8) is 0 Å². The summed E-state index contributed by atoms with van der Waals surface area (Å²) in [6.45, 7) is 4.30. The largest absolute Gasteiger partial charge is 0.497 e. The number of nitrogens with one attached hydrogen (secondary N) is 1. The van der Waals surface area contributed by atoms with Gasteiger partial charge in [-0.05, 0) is 61.4 Å². The van der Waals surface area contributed by atoms with Gasteiger partial charge < -0.3 is 14.8 Å². The van der Waals surface area contributed by atoms with Gasteiger partial charge in [-0.25, -0.2) is 4.98 Å². The molecule has 0 aliphatic heterocycles. The Bertz CT molecular complexity index is 963. The van der Waals surface area contributed by atoms with Gasteiger partial charge in [-0.2, -0.15) is 0 Å². The molecule has 0 aliphatic rings. The number of hydrogen-bond donors (Lipinski definition) is 1. The van der Waals surface area contributed by atoms with Gasteiger partial charge in [-0.1, -0.05) is 11.6 Å². The number of halogens is 1. The highest BCUT2D eigenvalue weighted by Crippen LogP contribution is 2.26. The second-order valence-electron chi connectivity index (χ2n) is 6.63. The molecule has 0 bridgehead atoms. The van der Waals surface area contributed by atoms with Crippen molar-refractivity contribution in [3.05, 3.63) is 63.6 Å². The normalized spacial score (nSPS) is 10.6. The summed E-state index contributed by atoms with van der Waals surface area (Å²) < 4.78 is 10.8.